The number of carbonyl (C=O) groups is 1. The Bertz CT molecular complexity index is 325. The van der Waals surface area contributed by atoms with Crippen LogP contribution in [0.25, 0.3) is 0 Å². The van der Waals surface area contributed by atoms with Crippen molar-refractivity contribution >= 4 is 17.2 Å². The summed E-state index contributed by atoms with van der Waals surface area (Å²) in [6, 6.07) is 1.92. The maximum atomic E-state index is 11.2. The van der Waals surface area contributed by atoms with E-state index < -0.39 is 0 Å². The van der Waals surface area contributed by atoms with E-state index in [2.05, 4.69) is 27.0 Å². The Morgan fingerprint density at radius 1 is 1.73 bits per heavy atom. The minimum absolute atomic E-state index is 0.168. The van der Waals surface area contributed by atoms with Crippen molar-refractivity contribution in [2.24, 2.45) is 5.73 Å². The summed E-state index contributed by atoms with van der Waals surface area (Å²) in [4.78, 5) is 13.4. The number of hydrogen-bond acceptors (Lipinski definition) is 4. The van der Waals surface area contributed by atoms with Crippen LogP contribution in [0, 0.1) is 0 Å². The van der Waals surface area contributed by atoms with Gasteiger partial charge in [0.1, 0.15) is 6.04 Å². The lowest BCUT2D eigenvalue weighted by Crippen LogP contribution is -2.56. The molecule has 1 fully saturated rings. The highest BCUT2D eigenvalue weighted by atomic mass is 32.1. The Labute approximate surface area is 93.1 Å². The van der Waals surface area contributed by atoms with Gasteiger partial charge in [-0.25, -0.2) is 0 Å². The number of nitrogens with one attached hydrogen (secondary N) is 1. The summed E-state index contributed by atoms with van der Waals surface area (Å²) in [6.07, 6.45) is 0. The van der Waals surface area contributed by atoms with Crippen LogP contribution in [0.4, 0.5) is 0 Å². The standard InChI is InChI=1S/C10H15N3OS/c11-10(14)9-5-12-2-3-13(9)6-8-1-4-15-7-8/h1,4,7,9,12H,2-3,5-6H2,(H2,11,14). The first-order valence-corrected chi connectivity index (χ1v) is 5.97. The number of hydrogen-bond donors (Lipinski definition) is 2. The van der Waals surface area contributed by atoms with E-state index >= 15 is 0 Å². The highest BCUT2D eigenvalue weighted by Gasteiger charge is 2.26. The largest absolute Gasteiger partial charge is 0.368 e. The van der Waals surface area contributed by atoms with Gasteiger partial charge < -0.3 is 11.1 Å². The van der Waals surface area contributed by atoms with Crippen LogP contribution < -0.4 is 11.1 Å². The van der Waals surface area contributed by atoms with Crippen molar-refractivity contribution in [2.75, 3.05) is 19.6 Å². The molecule has 82 valence electrons. The van der Waals surface area contributed by atoms with Gasteiger partial charge in [0, 0.05) is 26.2 Å². The molecule has 5 heteroatoms. The third kappa shape index (κ3) is 2.56. The van der Waals surface area contributed by atoms with E-state index in [-0.39, 0.29) is 11.9 Å². The fourth-order valence-corrected chi connectivity index (χ4v) is 2.49. The number of thiophene rings is 1. The Morgan fingerprint density at radius 3 is 3.27 bits per heavy atom. The maximum Gasteiger partial charge on any atom is 0.236 e. The lowest BCUT2D eigenvalue weighted by atomic mass is 10.1. The van der Waals surface area contributed by atoms with E-state index in [4.69, 9.17) is 5.73 Å². The van der Waals surface area contributed by atoms with E-state index in [1.807, 2.05) is 0 Å². The van der Waals surface area contributed by atoms with Crippen LogP contribution in [-0.4, -0.2) is 36.5 Å². The molecule has 15 heavy (non-hydrogen) atoms. The number of rotatable bonds is 3. The summed E-state index contributed by atoms with van der Waals surface area (Å²) < 4.78 is 0. The van der Waals surface area contributed by atoms with Crippen LogP contribution in [0.2, 0.25) is 0 Å². The normalized spacial score (nSPS) is 22.8. The van der Waals surface area contributed by atoms with Crippen molar-refractivity contribution in [3.63, 3.8) is 0 Å². The van der Waals surface area contributed by atoms with Crippen molar-refractivity contribution in [3.05, 3.63) is 22.4 Å². The van der Waals surface area contributed by atoms with Crippen LogP contribution in [0.5, 0.6) is 0 Å². The molecule has 3 N–H and O–H groups in total. The molecule has 1 amide bonds. The summed E-state index contributed by atoms with van der Waals surface area (Å²) in [5.74, 6) is -0.238. The van der Waals surface area contributed by atoms with Gasteiger partial charge in [0.05, 0.1) is 0 Å². The van der Waals surface area contributed by atoms with Gasteiger partial charge in [-0.1, -0.05) is 0 Å². The van der Waals surface area contributed by atoms with E-state index in [1.165, 1.54) is 5.56 Å². The SMILES string of the molecule is NC(=O)C1CNCCN1Cc1ccsc1. The Morgan fingerprint density at radius 2 is 2.60 bits per heavy atom. The summed E-state index contributed by atoms with van der Waals surface area (Å²) in [5, 5.41) is 7.35. The molecule has 4 nitrogen and oxygen atoms in total. The molecule has 1 aromatic rings. The van der Waals surface area contributed by atoms with Gasteiger partial charge >= 0.3 is 0 Å². The first-order valence-electron chi connectivity index (χ1n) is 5.02. The zero-order valence-corrected chi connectivity index (χ0v) is 9.30. The third-order valence-corrected chi connectivity index (χ3v) is 3.38. The van der Waals surface area contributed by atoms with Gasteiger partial charge in [0.2, 0.25) is 5.91 Å². The zero-order valence-electron chi connectivity index (χ0n) is 8.48. The van der Waals surface area contributed by atoms with Gasteiger partial charge in [-0.2, -0.15) is 11.3 Å². The fraction of sp³-hybridized carbons (Fsp3) is 0.500. The molecule has 0 bridgehead atoms. The van der Waals surface area contributed by atoms with Crippen molar-refractivity contribution in [1.29, 1.82) is 0 Å². The van der Waals surface area contributed by atoms with E-state index in [0.29, 0.717) is 6.54 Å². The van der Waals surface area contributed by atoms with Crippen molar-refractivity contribution in [2.45, 2.75) is 12.6 Å². The molecule has 0 aliphatic carbocycles. The smallest absolute Gasteiger partial charge is 0.236 e. The Hall–Kier alpha value is -0.910. The predicted octanol–water partition coefficient (Wildman–Crippen LogP) is 0.00720. The van der Waals surface area contributed by atoms with E-state index in [9.17, 15) is 4.79 Å². The first-order chi connectivity index (χ1) is 7.27. The molecule has 0 aromatic carbocycles. The molecular weight excluding hydrogens is 210 g/mol. The molecule has 0 saturated carbocycles. The highest BCUT2D eigenvalue weighted by molar-refractivity contribution is 7.07. The molecule has 2 heterocycles. The van der Waals surface area contributed by atoms with Gasteiger partial charge in [0.15, 0.2) is 0 Å². The van der Waals surface area contributed by atoms with E-state index in [0.717, 1.165) is 19.6 Å². The Balaban J connectivity index is 2.02. The van der Waals surface area contributed by atoms with Crippen LogP contribution in [-0.2, 0) is 11.3 Å². The van der Waals surface area contributed by atoms with Gasteiger partial charge in [-0.05, 0) is 22.4 Å². The lowest BCUT2D eigenvalue weighted by Gasteiger charge is -2.33. The third-order valence-electron chi connectivity index (χ3n) is 2.65. The molecule has 0 spiro atoms. The lowest BCUT2D eigenvalue weighted by molar-refractivity contribution is -0.124. The highest BCUT2D eigenvalue weighted by Crippen LogP contribution is 2.12. The number of carbonyl (C=O) groups excluding carboxylic acids is 1. The minimum atomic E-state index is -0.238. The van der Waals surface area contributed by atoms with Gasteiger partial charge in [0.25, 0.3) is 0 Å². The number of nitrogens with two attached hydrogens (primary N) is 1. The summed E-state index contributed by atoms with van der Waals surface area (Å²) in [6.45, 7) is 3.29. The van der Waals surface area contributed by atoms with Gasteiger partial charge in [-0.15, -0.1) is 0 Å². The summed E-state index contributed by atoms with van der Waals surface area (Å²) in [7, 11) is 0. The second-order valence-electron chi connectivity index (χ2n) is 3.72. The summed E-state index contributed by atoms with van der Waals surface area (Å²) in [5.41, 5.74) is 6.63. The quantitative estimate of drug-likeness (QED) is 0.761. The molecule has 0 radical (unpaired) electrons. The average molecular weight is 225 g/mol. The molecule has 2 rings (SSSR count). The Kier molecular flexibility index (Phi) is 3.35. The van der Waals surface area contributed by atoms with Crippen molar-refractivity contribution < 1.29 is 4.79 Å². The van der Waals surface area contributed by atoms with Crippen LogP contribution in [0.15, 0.2) is 16.8 Å². The molecule has 1 atom stereocenters. The summed E-state index contributed by atoms with van der Waals surface area (Å²) >= 11 is 1.68. The zero-order chi connectivity index (χ0) is 10.7. The topological polar surface area (TPSA) is 58.4 Å². The average Bonchev–Trinajstić information content (AvgIpc) is 2.71. The number of nitrogens with zero attached hydrogens (tertiary/aromatic N) is 1. The first kappa shape index (κ1) is 10.6. The van der Waals surface area contributed by atoms with Crippen LogP contribution in [0.1, 0.15) is 5.56 Å². The van der Waals surface area contributed by atoms with Crippen LogP contribution >= 0.6 is 11.3 Å². The molecule has 1 aromatic heterocycles. The molecule has 1 aliphatic heterocycles. The van der Waals surface area contributed by atoms with Gasteiger partial charge in [-0.3, -0.25) is 9.69 Å². The maximum absolute atomic E-state index is 11.2. The molecule has 1 aliphatic rings. The number of piperazine rings is 1. The molecule has 1 saturated heterocycles. The monoisotopic (exact) mass is 225 g/mol. The second-order valence-corrected chi connectivity index (χ2v) is 4.50. The predicted molar refractivity (Wildman–Crippen MR) is 60.6 cm³/mol. The van der Waals surface area contributed by atoms with E-state index in [1.54, 1.807) is 11.3 Å². The second kappa shape index (κ2) is 4.74. The minimum Gasteiger partial charge on any atom is -0.368 e. The molecule has 1 unspecified atom stereocenters. The number of amides is 1. The number of primary amides is 1. The van der Waals surface area contributed by atoms with Crippen molar-refractivity contribution in [1.82, 2.24) is 10.2 Å². The molecular formula is C10H15N3OS. The van der Waals surface area contributed by atoms with Crippen molar-refractivity contribution in [3.8, 4) is 0 Å². The fourth-order valence-electron chi connectivity index (χ4n) is 1.83. The van der Waals surface area contributed by atoms with Crippen LogP contribution in [0.3, 0.4) is 0 Å².